The molecule has 6 heteroatoms. The number of esters is 1. The van der Waals surface area contributed by atoms with Gasteiger partial charge in [0, 0.05) is 17.3 Å². The lowest BCUT2D eigenvalue weighted by Gasteiger charge is -2.06. The van der Waals surface area contributed by atoms with Crippen LogP contribution in [0.4, 0.5) is 0 Å². The first kappa shape index (κ1) is 16.1. The predicted octanol–water partition coefficient (Wildman–Crippen LogP) is 3.76. The van der Waals surface area contributed by atoms with Crippen molar-refractivity contribution >= 4 is 28.5 Å². The second-order valence-electron chi connectivity index (χ2n) is 5.02. The van der Waals surface area contributed by atoms with Gasteiger partial charge in [0.2, 0.25) is 0 Å². The van der Waals surface area contributed by atoms with Gasteiger partial charge in [-0.25, -0.2) is 9.59 Å². The van der Waals surface area contributed by atoms with E-state index in [1.807, 2.05) is 0 Å². The van der Waals surface area contributed by atoms with Crippen LogP contribution in [0.15, 0.2) is 57.7 Å². The summed E-state index contributed by atoms with van der Waals surface area (Å²) in [5.41, 5.74) is 0.294. The van der Waals surface area contributed by atoms with E-state index in [1.54, 1.807) is 42.5 Å². The van der Waals surface area contributed by atoms with Crippen molar-refractivity contribution in [3.05, 3.63) is 70.1 Å². The van der Waals surface area contributed by atoms with E-state index in [1.165, 1.54) is 13.2 Å². The van der Waals surface area contributed by atoms with Crippen LogP contribution in [0.25, 0.3) is 11.0 Å². The first-order valence-electron chi connectivity index (χ1n) is 7.09. The van der Waals surface area contributed by atoms with Crippen LogP contribution in [-0.4, -0.2) is 13.1 Å². The predicted molar refractivity (Wildman–Crippen MR) is 90.0 cm³/mol. The minimum absolute atomic E-state index is 0.183. The van der Waals surface area contributed by atoms with Crippen LogP contribution in [0.2, 0.25) is 0 Å². The highest BCUT2D eigenvalue weighted by Crippen LogP contribution is 2.21. The maximum atomic E-state index is 12.3. The summed E-state index contributed by atoms with van der Waals surface area (Å²) in [6.45, 7) is 0. The van der Waals surface area contributed by atoms with E-state index in [0.717, 1.165) is 5.56 Å². The van der Waals surface area contributed by atoms with Crippen LogP contribution in [0.5, 0.6) is 11.5 Å². The number of halogens is 1. The number of rotatable bonds is 4. The lowest BCUT2D eigenvalue weighted by Crippen LogP contribution is -2.18. The molecule has 3 aromatic rings. The molecule has 0 saturated carbocycles. The minimum Gasteiger partial charge on any atom is -0.497 e. The minimum atomic E-state index is -0.796. The maximum absolute atomic E-state index is 12.3. The van der Waals surface area contributed by atoms with Crippen LogP contribution in [0.3, 0.4) is 0 Å². The van der Waals surface area contributed by atoms with Crippen molar-refractivity contribution in [2.75, 3.05) is 7.11 Å². The first-order chi connectivity index (χ1) is 11.6. The van der Waals surface area contributed by atoms with Crippen molar-refractivity contribution < 1.29 is 18.7 Å². The summed E-state index contributed by atoms with van der Waals surface area (Å²) in [5.74, 6) is 0.333. The van der Waals surface area contributed by atoms with Gasteiger partial charge in [-0.05, 0) is 35.9 Å². The van der Waals surface area contributed by atoms with Gasteiger partial charge in [-0.15, -0.1) is 11.6 Å². The molecular formula is C18H13ClO5. The molecule has 0 bridgehead atoms. The number of fused-ring (bicyclic) bond motifs is 1. The van der Waals surface area contributed by atoms with Gasteiger partial charge in [0.25, 0.3) is 0 Å². The van der Waals surface area contributed by atoms with Gasteiger partial charge in [0.1, 0.15) is 22.6 Å². The van der Waals surface area contributed by atoms with Gasteiger partial charge in [-0.2, -0.15) is 0 Å². The van der Waals surface area contributed by atoms with Crippen LogP contribution in [0.1, 0.15) is 15.9 Å². The van der Waals surface area contributed by atoms with Gasteiger partial charge in [-0.3, -0.25) is 0 Å². The zero-order chi connectivity index (χ0) is 17.1. The van der Waals surface area contributed by atoms with E-state index < -0.39 is 11.6 Å². The molecule has 0 spiro atoms. The number of ether oxygens (including phenoxy) is 2. The summed E-state index contributed by atoms with van der Waals surface area (Å²) < 4.78 is 15.5. The van der Waals surface area contributed by atoms with E-state index in [2.05, 4.69) is 0 Å². The highest BCUT2D eigenvalue weighted by Gasteiger charge is 2.16. The smallest absolute Gasteiger partial charge is 0.351 e. The topological polar surface area (TPSA) is 65.7 Å². The van der Waals surface area contributed by atoms with Gasteiger partial charge < -0.3 is 13.9 Å². The third-order valence-electron chi connectivity index (χ3n) is 3.42. The molecule has 0 radical (unpaired) electrons. The fourth-order valence-electron chi connectivity index (χ4n) is 2.23. The van der Waals surface area contributed by atoms with E-state index in [-0.39, 0.29) is 11.3 Å². The summed E-state index contributed by atoms with van der Waals surface area (Å²) >= 11 is 5.80. The fraction of sp³-hybridized carbons (Fsp3) is 0.111. The third kappa shape index (κ3) is 3.26. The molecule has 5 nitrogen and oxygen atoms in total. The van der Waals surface area contributed by atoms with Crippen molar-refractivity contribution in [3.63, 3.8) is 0 Å². The molecule has 0 aliphatic heterocycles. The van der Waals surface area contributed by atoms with E-state index in [9.17, 15) is 9.59 Å². The molecule has 0 fully saturated rings. The fourth-order valence-corrected chi connectivity index (χ4v) is 2.39. The largest absolute Gasteiger partial charge is 0.497 e. The number of carbonyl (C=O) groups excluding carboxylic acids is 1. The summed E-state index contributed by atoms with van der Waals surface area (Å²) in [7, 11) is 1.51. The van der Waals surface area contributed by atoms with Crippen LogP contribution in [0, 0.1) is 0 Å². The summed E-state index contributed by atoms with van der Waals surface area (Å²) in [6, 6.07) is 13.1. The van der Waals surface area contributed by atoms with Crippen molar-refractivity contribution in [1.82, 2.24) is 0 Å². The Kier molecular flexibility index (Phi) is 4.53. The van der Waals surface area contributed by atoms with Gasteiger partial charge in [0.05, 0.1) is 7.11 Å². The summed E-state index contributed by atoms with van der Waals surface area (Å²) in [4.78, 5) is 24.3. The van der Waals surface area contributed by atoms with Gasteiger partial charge in [-0.1, -0.05) is 12.1 Å². The Morgan fingerprint density at radius 2 is 1.92 bits per heavy atom. The highest BCUT2D eigenvalue weighted by atomic mass is 35.5. The van der Waals surface area contributed by atoms with Crippen molar-refractivity contribution in [2.45, 2.75) is 5.88 Å². The summed E-state index contributed by atoms with van der Waals surface area (Å²) in [6.07, 6.45) is 0. The molecule has 0 aliphatic carbocycles. The van der Waals surface area contributed by atoms with Crippen molar-refractivity contribution in [1.29, 1.82) is 0 Å². The number of carbonyl (C=O) groups is 1. The Morgan fingerprint density at radius 1 is 1.12 bits per heavy atom. The van der Waals surface area contributed by atoms with Gasteiger partial charge in [0.15, 0.2) is 0 Å². The Bertz CT molecular complexity index is 961. The molecule has 0 unspecified atom stereocenters. The first-order valence-corrected chi connectivity index (χ1v) is 7.63. The van der Waals surface area contributed by atoms with Crippen LogP contribution in [-0.2, 0) is 5.88 Å². The molecule has 1 heterocycles. The average molecular weight is 345 g/mol. The highest BCUT2D eigenvalue weighted by molar-refractivity contribution is 6.17. The van der Waals surface area contributed by atoms with Crippen LogP contribution < -0.4 is 15.1 Å². The van der Waals surface area contributed by atoms with E-state index in [0.29, 0.717) is 22.6 Å². The molecule has 2 aromatic carbocycles. The van der Waals surface area contributed by atoms with Crippen molar-refractivity contribution in [2.24, 2.45) is 0 Å². The quantitative estimate of drug-likeness (QED) is 0.312. The second-order valence-corrected chi connectivity index (χ2v) is 5.29. The molecule has 0 aliphatic rings. The molecule has 3 rings (SSSR count). The van der Waals surface area contributed by atoms with Crippen molar-refractivity contribution in [3.8, 4) is 11.5 Å². The lowest BCUT2D eigenvalue weighted by atomic mass is 10.1. The SMILES string of the molecule is COc1cccc(OC(=O)c2cc3cc(CCl)ccc3oc2=O)c1. The second kappa shape index (κ2) is 6.76. The number of hydrogen-bond acceptors (Lipinski definition) is 5. The molecule has 24 heavy (non-hydrogen) atoms. The Hall–Kier alpha value is -2.79. The number of methoxy groups -OCH3 is 1. The zero-order valence-electron chi connectivity index (χ0n) is 12.7. The normalized spacial score (nSPS) is 10.6. The zero-order valence-corrected chi connectivity index (χ0v) is 13.5. The molecular weight excluding hydrogens is 332 g/mol. The lowest BCUT2D eigenvalue weighted by molar-refractivity contribution is 0.0730. The monoisotopic (exact) mass is 344 g/mol. The Labute approximate surface area is 142 Å². The average Bonchev–Trinajstić information content (AvgIpc) is 2.60. The molecule has 0 saturated heterocycles. The van der Waals surface area contributed by atoms with Crippen LogP contribution >= 0.6 is 11.6 Å². The third-order valence-corrected chi connectivity index (χ3v) is 3.73. The number of hydrogen-bond donors (Lipinski definition) is 0. The Morgan fingerprint density at radius 3 is 2.67 bits per heavy atom. The molecule has 0 N–H and O–H groups in total. The molecule has 0 atom stereocenters. The standard InChI is InChI=1S/C18H13ClO5/c1-22-13-3-2-4-14(9-13)23-17(20)15-8-12-7-11(10-19)5-6-16(12)24-18(15)21/h2-9H,10H2,1H3. The molecule has 0 amide bonds. The molecule has 122 valence electrons. The summed E-state index contributed by atoms with van der Waals surface area (Å²) in [5, 5.41) is 0.602. The van der Waals surface area contributed by atoms with Gasteiger partial charge >= 0.3 is 11.6 Å². The van der Waals surface area contributed by atoms with E-state index >= 15 is 0 Å². The number of benzene rings is 2. The Balaban J connectivity index is 1.96. The molecule has 1 aromatic heterocycles. The number of alkyl halides is 1. The maximum Gasteiger partial charge on any atom is 0.351 e. The van der Waals surface area contributed by atoms with E-state index in [4.69, 9.17) is 25.5 Å².